The van der Waals surface area contributed by atoms with Crippen LogP contribution in [-0.2, 0) is 0 Å². The summed E-state index contributed by atoms with van der Waals surface area (Å²) in [6.45, 7) is 13.9. The minimum Gasteiger partial charge on any atom is -0.494 e. The lowest BCUT2D eigenvalue weighted by Crippen LogP contribution is -2.39. The Morgan fingerprint density at radius 1 is 1.25 bits per heavy atom. The van der Waals surface area contributed by atoms with Crippen LogP contribution in [0.1, 0.15) is 32.8 Å². The maximum atomic E-state index is 5.74. The van der Waals surface area contributed by atoms with Gasteiger partial charge in [0.15, 0.2) is 0 Å². The molecule has 0 bridgehead atoms. The van der Waals surface area contributed by atoms with Crippen LogP contribution in [0.25, 0.3) is 0 Å². The Bertz CT molecular complexity index is 364. The molecule has 1 N–H and O–H groups in total. The second-order valence-corrected chi connectivity index (χ2v) is 5.36. The van der Waals surface area contributed by atoms with Gasteiger partial charge in [-0.1, -0.05) is 26.0 Å². The summed E-state index contributed by atoms with van der Waals surface area (Å²) in [5, 5.41) is 3.56. The summed E-state index contributed by atoms with van der Waals surface area (Å²) in [4.78, 5) is 2.45. The number of hydrogen-bond acceptors (Lipinski definition) is 3. The van der Waals surface area contributed by atoms with E-state index in [1.165, 1.54) is 5.56 Å². The van der Waals surface area contributed by atoms with E-state index < -0.39 is 0 Å². The van der Waals surface area contributed by atoms with E-state index in [1.54, 1.807) is 0 Å². The van der Waals surface area contributed by atoms with Crippen molar-refractivity contribution in [2.75, 3.05) is 32.8 Å². The number of hydrogen-bond donors (Lipinski definition) is 1. The molecular formula is C17H30N2O. The zero-order valence-electron chi connectivity index (χ0n) is 13.5. The van der Waals surface area contributed by atoms with Crippen molar-refractivity contribution in [2.45, 2.75) is 40.2 Å². The van der Waals surface area contributed by atoms with Crippen molar-refractivity contribution >= 4 is 0 Å². The molecule has 0 saturated carbocycles. The van der Waals surface area contributed by atoms with E-state index in [0.717, 1.165) is 45.0 Å². The summed E-state index contributed by atoms with van der Waals surface area (Å²) in [5.41, 5.74) is 1.24. The molecule has 3 nitrogen and oxygen atoms in total. The minimum absolute atomic E-state index is 0.536. The van der Waals surface area contributed by atoms with Crippen LogP contribution in [0.4, 0.5) is 0 Å². The lowest BCUT2D eigenvalue weighted by Gasteiger charge is -2.23. The number of ether oxygens (including phenoxy) is 1. The van der Waals surface area contributed by atoms with Crippen molar-refractivity contribution < 1.29 is 4.74 Å². The van der Waals surface area contributed by atoms with E-state index in [0.29, 0.717) is 6.04 Å². The van der Waals surface area contributed by atoms with Gasteiger partial charge in [0.05, 0.1) is 6.61 Å². The van der Waals surface area contributed by atoms with Gasteiger partial charge < -0.3 is 15.0 Å². The van der Waals surface area contributed by atoms with E-state index in [2.05, 4.69) is 50.0 Å². The molecule has 20 heavy (non-hydrogen) atoms. The molecule has 1 atom stereocenters. The van der Waals surface area contributed by atoms with Gasteiger partial charge in [0.25, 0.3) is 0 Å². The minimum atomic E-state index is 0.536. The molecule has 0 aliphatic heterocycles. The summed E-state index contributed by atoms with van der Waals surface area (Å²) < 4.78 is 5.74. The van der Waals surface area contributed by atoms with Crippen molar-refractivity contribution in [1.82, 2.24) is 10.2 Å². The molecule has 0 aromatic heterocycles. The summed E-state index contributed by atoms with van der Waals surface area (Å²) >= 11 is 0. The molecule has 0 radical (unpaired) electrons. The van der Waals surface area contributed by atoms with Crippen molar-refractivity contribution in [3.8, 4) is 5.75 Å². The second-order valence-electron chi connectivity index (χ2n) is 5.36. The maximum absolute atomic E-state index is 5.74. The van der Waals surface area contributed by atoms with Crippen molar-refractivity contribution in [1.29, 1.82) is 0 Å². The number of nitrogens with zero attached hydrogens (tertiary/aromatic N) is 1. The van der Waals surface area contributed by atoms with Crippen molar-refractivity contribution in [3.05, 3.63) is 29.8 Å². The van der Waals surface area contributed by atoms with Crippen LogP contribution in [0.15, 0.2) is 24.3 Å². The van der Waals surface area contributed by atoms with Gasteiger partial charge in [0.2, 0.25) is 0 Å². The average molecular weight is 278 g/mol. The Balaban J connectivity index is 2.10. The Morgan fingerprint density at radius 3 is 2.65 bits per heavy atom. The quantitative estimate of drug-likeness (QED) is 0.666. The zero-order chi connectivity index (χ0) is 14.8. The van der Waals surface area contributed by atoms with E-state index in [9.17, 15) is 0 Å². The molecule has 0 saturated heterocycles. The van der Waals surface area contributed by atoms with Crippen molar-refractivity contribution in [2.24, 2.45) is 0 Å². The van der Waals surface area contributed by atoms with Gasteiger partial charge in [0.1, 0.15) is 5.75 Å². The van der Waals surface area contributed by atoms with Crippen LogP contribution in [0, 0.1) is 6.92 Å². The molecule has 1 unspecified atom stereocenters. The monoisotopic (exact) mass is 278 g/mol. The molecule has 0 aliphatic rings. The van der Waals surface area contributed by atoms with E-state index >= 15 is 0 Å². The highest BCUT2D eigenvalue weighted by Gasteiger charge is 2.05. The fraction of sp³-hybridized carbons (Fsp3) is 0.647. The first-order valence-electron chi connectivity index (χ1n) is 7.80. The number of aryl methyl sites for hydroxylation is 1. The first kappa shape index (κ1) is 17.0. The van der Waals surface area contributed by atoms with E-state index in [-0.39, 0.29) is 0 Å². The predicted molar refractivity (Wildman–Crippen MR) is 86.5 cm³/mol. The summed E-state index contributed by atoms with van der Waals surface area (Å²) in [5.74, 6) is 0.973. The number of benzene rings is 1. The predicted octanol–water partition coefficient (Wildman–Crippen LogP) is 3.08. The fourth-order valence-corrected chi connectivity index (χ4v) is 2.25. The highest BCUT2D eigenvalue weighted by molar-refractivity contribution is 5.27. The number of rotatable bonds is 10. The summed E-state index contributed by atoms with van der Waals surface area (Å²) in [7, 11) is 0. The molecule has 1 rings (SSSR count). The van der Waals surface area contributed by atoms with Crippen LogP contribution in [0.2, 0.25) is 0 Å². The fourth-order valence-electron chi connectivity index (χ4n) is 2.25. The molecular weight excluding hydrogens is 248 g/mol. The van der Waals surface area contributed by atoms with Crippen LogP contribution in [0.5, 0.6) is 5.75 Å². The smallest absolute Gasteiger partial charge is 0.119 e. The standard InChI is InChI=1S/C17H30N2O/c1-5-19(6-2)14-16(4)18-11-8-12-20-17-10-7-9-15(3)13-17/h7,9-10,13,16,18H,5-6,8,11-12,14H2,1-4H3. The Morgan fingerprint density at radius 2 is 2.00 bits per heavy atom. The van der Waals surface area contributed by atoms with Gasteiger partial charge in [-0.2, -0.15) is 0 Å². The Kier molecular flexibility index (Phi) is 8.31. The van der Waals surface area contributed by atoms with Crippen LogP contribution in [0.3, 0.4) is 0 Å². The first-order chi connectivity index (χ1) is 9.65. The van der Waals surface area contributed by atoms with Crippen LogP contribution < -0.4 is 10.1 Å². The third-order valence-corrected chi connectivity index (χ3v) is 3.50. The highest BCUT2D eigenvalue weighted by atomic mass is 16.5. The van der Waals surface area contributed by atoms with Crippen LogP contribution in [-0.4, -0.2) is 43.7 Å². The molecule has 0 heterocycles. The molecule has 1 aromatic rings. The Hall–Kier alpha value is -1.06. The molecule has 1 aromatic carbocycles. The van der Waals surface area contributed by atoms with Gasteiger partial charge in [0, 0.05) is 12.6 Å². The largest absolute Gasteiger partial charge is 0.494 e. The highest BCUT2D eigenvalue weighted by Crippen LogP contribution is 2.12. The van der Waals surface area contributed by atoms with Gasteiger partial charge >= 0.3 is 0 Å². The molecule has 0 spiro atoms. The normalized spacial score (nSPS) is 12.7. The third kappa shape index (κ3) is 6.92. The van der Waals surface area contributed by atoms with Crippen molar-refractivity contribution in [3.63, 3.8) is 0 Å². The van der Waals surface area contributed by atoms with Gasteiger partial charge in [-0.25, -0.2) is 0 Å². The zero-order valence-corrected chi connectivity index (χ0v) is 13.5. The number of likely N-dealkylation sites (N-methyl/N-ethyl adjacent to an activating group) is 1. The molecule has 114 valence electrons. The van der Waals surface area contributed by atoms with E-state index in [4.69, 9.17) is 4.74 Å². The molecule has 3 heteroatoms. The topological polar surface area (TPSA) is 24.5 Å². The van der Waals surface area contributed by atoms with E-state index in [1.807, 2.05) is 12.1 Å². The van der Waals surface area contributed by atoms with Gasteiger partial charge in [-0.05, 0) is 57.6 Å². The lowest BCUT2D eigenvalue weighted by molar-refractivity contribution is 0.264. The number of nitrogens with one attached hydrogen (secondary N) is 1. The van der Waals surface area contributed by atoms with Crippen LogP contribution >= 0.6 is 0 Å². The summed E-state index contributed by atoms with van der Waals surface area (Å²) in [6, 6.07) is 8.76. The maximum Gasteiger partial charge on any atom is 0.119 e. The second kappa shape index (κ2) is 9.78. The average Bonchev–Trinajstić information content (AvgIpc) is 2.44. The summed E-state index contributed by atoms with van der Waals surface area (Å²) in [6.07, 6.45) is 1.04. The lowest BCUT2D eigenvalue weighted by atomic mass is 10.2. The van der Waals surface area contributed by atoms with Gasteiger partial charge in [-0.3, -0.25) is 0 Å². The third-order valence-electron chi connectivity index (χ3n) is 3.50. The molecule has 0 fully saturated rings. The SMILES string of the molecule is CCN(CC)CC(C)NCCCOc1cccc(C)c1. The molecule has 0 amide bonds. The molecule has 0 aliphatic carbocycles. The first-order valence-corrected chi connectivity index (χ1v) is 7.80. The van der Waals surface area contributed by atoms with Gasteiger partial charge in [-0.15, -0.1) is 0 Å². The Labute approximate surface area is 124 Å².